The van der Waals surface area contributed by atoms with Gasteiger partial charge in [-0.1, -0.05) is 0 Å². The second-order valence-corrected chi connectivity index (χ2v) is 7.61. The van der Waals surface area contributed by atoms with E-state index in [9.17, 15) is 9.59 Å². The molecule has 0 bridgehead atoms. The first-order valence-electron chi connectivity index (χ1n) is 8.13. The molecule has 22 heavy (non-hydrogen) atoms. The summed E-state index contributed by atoms with van der Waals surface area (Å²) in [7, 11) is 0. The molecular formula is C16H27ClN2O3. The molecule has 1 saturated heterocycles. The molecule has 5 nitrogen and oxygen atoms in total. The van der Waals surface area contributed by atoms with E-state index in [-0.39, 0.29) is 17.9 Å². The summed E-state index contributed by atoms with van der Waals surface area (Å²) in [5.74, 6) is 0.367. The molecule has 1 atom stereocenters. The minimum Gasteiger partial charge on any atom is -0.444 e. The highest BCUT2D eigenvalue weighted by Gasteiger charge is 2.35. The Morgan fingerprint density at radius 3 is 2.50 bits per heavy atom. The summed E-state index contributed by atoms with van der Waals surface area (Å²) in [4.78, 5) is 27.8. The third-order valence-corrected chi connectivity index (χ3v) is 4.28. The van der Waals surface area contributed by atoms with Crippen LogP contribution < -0.4 is 0 Å². The summed E-state index contributed by atoms with van der Waals surface area (Å²) in [6, 6.07) is 0.364. The van der Waals surface area contributed by atoms with E-state index in [0.29, 0.717) is 25.0 Å². The topological polar surface area (TPSA) is 49.9 Å². The summed E-state index contributed by atoms with van der Waals surface area (Å²) >= 11 is 5.71. The Hall–Kier alpha value is -0.970. The van der Waals surface area contributed by atoms with Crippen molar-refractivity contribution in [1.29, 1.82) is 0 Å². The highest BCUT2D eigenvalue weighted by atomic mass is 35.5. The summed E-state index contributed by atoms with van der Waals surface area (Å²) < 4.78 is 5.44. The molecule has 0 radical (unpaired) electrons. The van der Waals surface area contributed by atoms with E-state index < -0.39 is 5.60 Å². The number of alkyl halides is 1. The molecule has 1 heterocycles. The summed E-state index contributed by atoms with van der Waals surface area (Å²) in [5, 5.41) is 0. The van der Waals surface area contributed by atoms with Crippen LogP contribution in [-0.4, -0.2) is 59.0 Å². The number of carbonyl (C=O) groups is 2. The summed E-state index contributed by atoms with van der Waals surface area (Å²) in [6.45, 7) is 7.72. The van der Waals surface area contributed by atoms with Gasteiger partial charge >= 0.3 is 6.09 Å². The van der Waals surface area contributed by atoms with Crippen molar-refractivity contribution in [2.75, 3.05) is 25.5 Å². The van der Waals surface area contributed by atoms with Crippen LogP contribution in [0.4, 0.5) is 4.79 Å². The monoisotopic (exact) mass is 330 g/mol. The van der Waals surface area contributed by atoms with Crippen LogP contribution in [0.25, 0.3) is 0 Å². The Kier molecular flexibility index (Phi) is 5.59. The van der Waals surface area contributed by atoms with E-state index in [1.54, 1.807) is 4.90 Å². The average molecular weight is 331 g/mol. The molecule has 2 aliphatic rings. The van der Waals surface area contributed by atoms with Crippen molar-refractivity contribution < 1.29 is 14.3 Å². The molecule has 0 unspecified atom stereocenters. The van der Waals surface area contributed by atoms with Crippen LogP contribution >= 0.6 is 11.6 Å². The first kappa shape index (κ1) is 17.4. The van der Waals surface area contributed by atoms with Crippen molar-refractivity contribution in [3.8, 4) is 0 Å². The third kappa shape index (κ3) is 5.04. The van der Waals surface area contributed by atoms with Crippen LogP contribution in [0.2, 0.25) is 0 Å². The molecule has 0 spiro atoms. The van der Waals surface area contributed by atoms with Gasteiger partial charge in [-0.3, -0.25) is 4.79 Å². The minimum atomic E-state index is -0.474. The van der Waals surface area contributed by atoms with Gasteiger partial charge in [0.15, 0.2) is 0 Å². The van der Waals surface area contributed by atoms with E-state index in [1.165, 1.54) is 0 Å². The van der Waals surface area contributed by atoms with Gasteiger partial charge in [0.25, 0.3) is 0 Å². The number of amides is 2. The van der Waals surface area contributed by atoms with Crippen molar-refractivity contribution in [2.24, 2.45) is 5.92 Å². The fourth-order valence-corrected chi connectivity index (χ4v) is 3.06. The molecule has 0 N–H and O–H groups in total. The van der Waals surface area contributed by atoms with Crippen LogP contribution in [0.5, 0.6) is 0 Å². The Labute approximate surface area is 137 Å². The zero-order chi connectivity index (χ0) is 16.3. The molecule has 126 valence electrons. The van der Waals surface area contributed by atoms with Gasteiger partial charge in [-0.15, -0.1) is 11.6 Å². The Bertz CT molecular complexity index is 418. The average Bonchev–Trinajstić information content (AvgIpc) is 3.27. The van der Waals surface area contributed by atoms with Crippen LogP contribution in [0.1, 0.15) is 46.5 Å². The van der Waals surface area contributed by atoms with Gasteiger partial charge < -0.3 is 14.5 Å². The second-order valence-electron chi connectivity index (χ2n) is 7.35. The van der Waals surface area contributed by atoms with Crippen molar-refractivity contribution in [1.82, 2.24) is 9.80 Å². The quantitative estimate of drug-likeness (QED) is 0.745. The first-order valence-corrected chi connectivity index (χ1v) is 8.67. The Morgan fingerprint density at radius 2 is 1.95 bits per heavy atom. The molecule has 2 amide bonds. The summed E-state index contributed by atoms with van der Waals surface area (Å²) in [5.41, 5.74) is -0.474. The van der Waals surface area contributed by atoms with Crippen LogP contribution in [0, 0.1) is 5.92 Å². The molecule has 2 rings (SSSR count). The van der Waals surface area contributed by atoms with Gasteiger partial charge in [-0.05, 0) is 52.4 Å². The van der Waals surface area contributed by atoms with Crippen molar-refractivity contribution >= 4 is 23.6 Å². The van der Waals surface area contributed by atoms with Crippen molar-refractivity contribution in [3.05, 3.63) is 0 Å². The van der Waals surface area contributed by atoms with E-state index in [4.69, 9.17) is 16.3 Å². The fraction of sp³-hybridized carbons (Fsp3) is 0.875. The number of ether oxygens (including phenoxy) is 1. The molecular weight excluding hydrogens is 304 g/mol. The lowest BCUT2D eigenvalue weighted by atomic mass is 9.97. The van der Waals surface area contributed by atoms with Crippen LogP contribution in [0.15, 0.2) is 0 Å². The molecule has 6 heteroatoms. The Morgan fingerprint density at radius 1 is 1.27 bits per heavy atom. The van der Waals surface area contributed by atoms with E-state index in [0.717, 1.165) is 32.2 Å². The van der Waals surface area contributed by atoms with Crippen LogP contribution in [0.3, 0.4) is 0 Å². The zero-order valence-electron chi connectivity index (χ0n) is 13.8. The summed E-state index contributed by atoms with van der Waals surface area (Å²) in [6.07, 6.45) is 3.89. The third-order valence-electron chi connectivity index (χ3n) is 4.05. The maximum atomic E-state index is 12.2. The predicted octanol–water partition coefficient (Wildman–Crippen LogP) is 2.86. The molecule has 1 aliphatic heterocycles. The first-order chi connectivity index (χ1) is 10.3. The molecule has 0 aromatic carbocycles. The number of hydrogen-bond acceptors (Lipinski definition) is 3. The van der Waals surface area contributed by atoms with Gasteiger partial charge in [0.1, 0.15) is 11.5 Å². The second kappa shape index (κ2) is 7.07. The predicted molar refractivity (Wildman–Crippen MR) is 86.0 cm³/mol. The molecule has 2 fully saturated rings. The van der Waals surface area contributed by atoms with E-state index >= 15 is 0 Å². The lowest BCUT2D eigenvalue weighted by molar-refractivity contribution is -0.129. The van der Waals surface area contributed by atoms with Gasteiger partial charge in [0, 0.05) is 25.7 Å². The van der Waals surface area contributed by atoms with Crippen molar-refractivity contribution in [3.63, 3.8) is 0 Å². The molecule has 1 saturated carbocycles. The maximum Gasteiger partial charge on any atom is 0.410 e. The van der Waals surface area contributed by atoms with Gasteiger partial charge in [0.2, 0.25) is 5.91 Å². The van der Waals surface area contributed by atoms with Gasteiger partial charge in [-0.2, -0.15) is 0 Å². The zero-order valence-corrected chi connectivity index (χ0v) is 14.6. The fourth-order valence-electron chi connectivity index (χ4n) is 2.90. The highest BCUT2D eigenvalue weighted by molar-refractivity contribution is 6.27. The number of piperidine rings is 1. The number of hydrogen-bond donors (Lipinski definition) is 0. The van der Waals surface area contributed by atoms with Crippen molar-refractivity contribution in [2.45, 2.75) is 58.1 Å². The number of carbonyl (C=O) groups excluding carboxylic acids is 2. The standard InChI is InChI=1S/C16H27ClN2O3/c1-16(2,3)22-15(21)18-8-4-5-12(10-18)11-19(13-6-7-13)14(20)9-17/h12-13H,4-11H2,1-3H3/t12-/m0/s1. The number of rotatable bonds is 4. The highest BCUT2D eigenvalue weighted by Crippen LogP contribution is 2.29. The van der Waals surface area contributed by atoms with Gasteiger partial charge in [0.05, 0.1) is 0 Å². The number of likely N-dealkylation sites (tertiary alicyclic amines) is 1. The molecule has 0 aromatic rings. The number of halogens is 1. The lowest BCUT2D eigenvalue weighted by Crippen LogP contribution is -2.47. The van der Waals surface area contributed by atoms with E-state index in [1.807, 2.05) is 25.7 Å². The lowest BCUT2D eigenvalue weighted by Gasteiger charge is -2.36. The van der Waals surface area contributed by atoms with E-state index in [2.05, 4.69) is 0 Å². The molecule has 0 aromatic heterocycles. The van der Waals surface area contributed by atoms with Gasteiger partial charge in [-0.25, -0.2) is 4.79 Å². The maximum absolute atomic E-state index is 12.2. The smallest absolute Gasteiger partial charge is 0.410 e. The largest absolute Gasteiger partial charge is 0.444 e. The minimum absolute atomic E-state index is 0.0126. The normalized spacial score (nSPS) is 22.4. The Balaban J connectivity index is 1.89. The number of nitrogens with zero attached hydrogens (tertiary/aromatic N) is 2. The SMILES string of the molecule is CC(C)(C)OC(=O)N1CCC[C@H](CN(C(=O)CCl)C2CC2)C1. The molecule has 1 aliphatic carbocycles. The van der Waals surface area contributed by atoms with Crippen LogP contribution in [-0.2, 0) is 9.53 Å².